The van der Waals surface area contributed by atoms with Crippen LogP contribution >= 0.6 is 0 Å². The molecule has 136 valence electrons. The van der Waals surface area contributed by atoms with Crippen LogP contribution in [0.2, 0.25) is 0 Å². The molecule has 3 amide bonds. The van der Waals surface area contributed by atoms with Gasteiger partial charge in [-0.05, 0) is 37.3 Å². The second-order valence-corrected chi connectivity index (χ2v) is 6.71. The van der Waals surface area contributed by atoms with Gasteiger partial charge in [0.25, 0.3) is 0 Å². The molecule has 1 atom stereocenters. The number of carbonyl (C=O) groups is 2. The molecule has 1 aliphatic heterocycles. The van der Waals surface area contributed by atoms with Gasteiger partial charge < -0.3 is 25.6 Å². The van der Waals surface area contributed by atoms with Gasteiger partial charge >= 0.3 is 6.03 Å². The topological polar surface area (TPSA) is 82.7 Å². The van der Waals surface area contributed by atoms with Gasteiger partial charge in [0.1, 0.15) is 5.75 Å². The molecule has 1 aliphatic carbocycles. The Morgan fingerprint density at radius 1 is 1.24 bits per heavy atom. The summed E-state index contributed by atoms with van der Waals surface area (Å²) < 4.78 is 5.27. The van der Waals surface area contributed by atoms with E-state index in [2.05, 4.69) is 26.9 Å². The number of hydrogen-bond donors (Lipinski definition) is 3. The van der Waals surface area contributed by atoms with E-state index in [1.54, 1.807) is 7.11 Å². The molecule has 2 aliphatic rings. The molecule has 1 unspecified atom stereocenters. The van der Waals surface area contributed by atoms with Gasteiger partial charge in [-0.1, -0.05) is 6.07 Å². The predicted molar refractivity (Wildman–Crippen MR) is 95.9 cm³/mol. The normalized spacial score (nSPS) is 19.4. The van der Waals surface area contributed by atoms with Crippen molar-refractivity contribution in [1.82, 2.24) is 16.0 Å². The number of anilines is 1. The third-order valence-electron chi connectivity index (χ3n) is 4.61. The second kappa shape index (κ2) is 8.09. The summed E-state index contributed by atoms with van der Waals surface area (Å²) in [7, 11) is 1.67. The van der Waals surface area contributed by atoms with Crippen molar-refractivity contribution in [3.8, 4) is 5.75 Å². The molecule has 0 radical (unpaired) electrons. The SMILES string of the molecule is COc1cccc(N2CCC(CNC(=O)NCC(=O)NC3CC3)C2)c1. The Morgan fingerprint density at radius 2 is 2.08 bits per heavy atom. The Hall–Kier alpha value is -2.44. The van der Waals surface area contributed by atoms with Gasteiger partial charge in [0.15, 0.2) is 0 Å². The van der Waals surface area contributed by atoms with E-state index in [0.717, 1.165) is 43.8 Å². The Balaban J connectivity index is 1.36. The predicted octanol–water partition coefficient (Wildman–Crippen LogP) is 1.10. The molecular weight excluding hydrogens is 320 g/mol. The highest BCUT2D eigenvalue weighted by atomic mass is 16.5. The fraction of sp³-hybridized carbons (Fsp3) is 0.556. The molecule has 1 aromatic rings. The van der Waals surface area contributed by atoms with Gasteiger partial charge in [-0.2, -0.15) is 0 Å². The van der Waals surface area contributed by atoms with Crippen LogP contribution in [-0.4, -0.2) is 51.3 Å². The minimum absolute atomic E-state index is 0.0307. The zero-order chi connectivity index (χ0) is 17.6. The van der Waals surface area contributed by atoms with Crippen LogP contribution in [0.5, 0.6) is 5.75 Å². The summed E-state index contributed by atoms with van der Waals surface area (Å²) >= 11 is 0. The lowest BCUT2D eigenvalue weighted by Crippen LogP contribution is -2.44. The highest BCUT2D eigenvalue weighted by Crippen LogP contribution is 2.26. The molecule has 0 spiro atoms. The standard InChI is InChI=1S/C18H26N4O3/c1-25-16-4-2-3-15(9-16)22-8-7-13(12-22)10-19-18(24)20-11-17(23)21-14-5-6-14/h2-4,9,13-14H,5-8,10-12H2,1H3,(H,21,23)(H2,19,20,24). The summed E-state index contributed by atoms with van der Waals surface area (Å²) in [6.07, 6.45) is 3.12. The average molecular weight is 346 g/mol. The lowest BCUT2D eigenvalue weighted by molar-refractivity contribution is -0.120. The lowest BCUT2D eigenvalue weighted by Gasteiger charge is -2.19. The van der Waals surface area contributed by atoms with Crippen molar-refractivity contribution in [3.05, 3.63) is 24.3 Å². The second-order valence-electron chi connectivity index (χ2n) is 6.71. The minimum Gasteiger partial charge on any atom is -0.497 e. The first-order valence-corrected chi connectivity index (χ1v) is 8.84. The maximum Gasteiger partial charge on any atom is 0.315 e. The molecule has 7 nitrogen and oxygen atoms in total. The number of ether oxygens (including phenoxy) is 1. The molecule has 3 rings (SSSR count). The van der Waals surface area contributed by atoms with Crippen LogP contribution < -0.4 is 25.6 Å². The van der Waals surface area contributed by atoms with Crippen molar-refractivity contribution in [2.75, 3.05) is 38.2 Å². The van der Waals surface area contributed by atoms with Crippen molar-refractivity contribution < 1.29 is 14.3 Å². The largest absolute Gasteiger partial charge is 0.497 e. The number of nitrogens with zero attached hydrogens (tertiary/aromatic N) is 1. The summed E-state index contributed by atoms with van der Waals surface area (Å²) in [5, 5.41) is 8.31. The Kier molecular flexibility index (Phi) is 5.63. The van der Waals surface area contributed by atoms with Crippen LogP contribution in [0.25, 0.3) is 0 Å². The van der Waals surface area contributed by atoms with Crippen molar-refractivity contribution in [2.24, 2.45) is 5.92 Å². The molecular formula is C18H26N4O3. The fourth-order valence-corrected chi connectivity index (χ4v) is 3.01. The van der Waals surface area contributed by atoms with Crippen LogP contribution in [0.15, 0.2) is 24.3 Å². The van der Waals surface area contributed by atoms with Crippen molar-refractivity contribution >= 4 is 17.6 Å². The average Bonchev–Trinajstić information content (AvgIpc) is 3.31. The van der Waals surface area contributed by atoms with E-state index in [1.807, 2.05) is 18.2 Å². The highest BCUT2D eigenvalue weighted by Gasteiger charge is 2.24. The lowest BCUT2D eigenvalue weighted by atomic mass is 10.1. The molecule has 1 heterocycles. The van der Waals surface area contributed by atoms with Gasteiger partial charge in [-0.25, -0.2) is 4.79 Å². The Labute approximate surface area is 148 Å². The first-order chi connectivity index (χ1) is 12.1. The van der Waals surface area contributed by atoms with Crippen molar-refractivity contribution in [1.29, 1.82) is 0 Å². The molecule has 1 aromatic carbocycles. The third-order valence-corrected chi connectivity index (χ3v) is 4.61. The Morgan fingerprint density at radius 3 is 2.84 bits per heavy atom. The summed E-state index contributed by atoms with van der Waals surface area (Å²) in [5.74, 6) is 1.13. The quantitative estimate of drug-likeness (QED) is 0.690. The number of carbonyl (C=O) groups excluding carboxylic acids is 2. The first kappa shape index (κ1) is 17.4. The fourth-order valence-electron chi connectivity index (χ4n) is 3.01. The first-order valence-electron chi connectivity index (χ1n) is 8.84. The summed E-state index contributed by atoms with van der Waals surface area (Å²) in [5.41, 5.74) is 1.14. The monoisotopic (exact) mass is 346 g/mol. The summed E-state index contributed by atoms with van der Waals surface area (Å²) in [6.45, 7) is 2.50. The molecule has 1 saturated heterocycles. The molecule has 3 N–H and O–H groups in total. The van der Waals surface area contributed by atoms with Gasteiger partial charge in [-0.3, -0.25) is 4.79 Å². The van der Waals surface area contributed by atoms with Crippen LogP contribution in [0, 0.1) is 5.92 Å². The molecule has 0 aromatic heterocycles. The molecule has 0 bridgehead atoms. The van der Waals surface area contributed by atoms with Crippen LogP contribution in [0.4, 0.5) is 10.5 Å². The summed E-state index contributed by atoms with van der Waals surface area (Å²) in [6, 6.07) is 8.05. The van der Waals surface area contributed by atoms with Gasteiger partial charge in [-0.15, -0.1) is 0 Å². The van der Waals surface area contributed by atoms with Crippen molar-refractivity contribution in [2.45, 2.75) is 25.3 Å². The zero-order valence-corrected chi connectivity index (χ0v) is 14.6. The van der Waals surface area contributed by atoms with E-state index in [1.165, 1.54) is 0 Å². The number of benzene rings is 1. The molecule has 2 fully saturated rings. The van der Waals surface area contributed by atoms with E-state index < -0.39 is 0 Å². The van der Waals surface area contributed by atoms with E-state index in [-0.39, 0.29) is 18.5 Å². The number of urea groups is 1. The van der Waals surface area contributed by atoms with Gasteiger partial charge in [0, 0.05) is 37.4 Å². The van der Waals surface area contributed by atoms with E-state index in [9.17, 15) is 9.59 Å². The van der Waals surface area contributed by atoms with Crippen LogP contribution in [0.3, 0.4) is 0 Å². The molecule has 25 heavy (non-hydrogen) atoms. The Bertz CT molecular complexity index is 618. The number of hydrogen-bond acceptors (Lipinski definition) is 4. The summed E-state index contributed by atoms with van der Waals surface area (Å²) in [4.78, 5) is 25.6. The third kappa shape index (κ3) is 5.27. The number of rotatable bonds is 7. The van der Waals surface area contributed by atoms with Crippen molar-refractivity contribution in [3.63, 3.8) is 0 Å². The van der Waals surface area contributed by atoms with Gasteiger partial charge in [0.05, 0.1) is 13.7 Å². The minimum atomic E-state index is -0.286. The molecule has 7 heteroatoms. The zero-order valence-electron chi connectivity index (χ0n) is 14.6. The van der Waals surface area contributed by atoms with Crippen LogP contribution in [0.1, 0.15) is 19.3 Å². The maximum atomic E-state index is 11.8. The number of amides is 3. The molecule has 1 saturated carbocycles. The van der Waals surface area contributed by atoms with E-state index >= 15 is 0 Å². The van der Waals surface area contributed by atoms with E-state index in [0.29, 0.717) is 18.5 Å². The maximum absolute atomic E-state index is 11.8. The number of methoxy groups -OCH3 is 1. The van der Waals surface area contributed by atoms with Crippen LogP contribution in [-0.2, 0) is 4.79 Å². The number of nitrogens with one attached hydrogen (secondary N) is 3. The smallest absolute Gasteiger partial charge is 0.315 e. The van der Waals surface area contributed by atoms with Gasteiger partial charge in [0.2, 0.25) is 5.91 Å². The highest BCUT2D eigenvalue weighted by molar-refractivity contribution is 5.84. The van der Waals surface area contributed by atoms with E-state index in [4.69, 9.17) is 4.74 Å².